The van der Waals surface area contributed by atoms with Crippen molar-refractivity contribution in [1.82, 2.24) is 5.32 Å². The molecule has 296 valence electrons. The third-order valence-corrected chi connectivity index (χ3v) is 9.92. The number of allylic oxidation sites excluding steroid dienone is 9. The van der Waals surface area contributed by atoms with Gasteiger partial charge in [-0.3, -0.25) is 9.35 Å². The van der Waals surface area contributed by atoms with E-state index >= 15 is 0 Å². The second kappa shape index (κ2) is 37.8. The van der Waals surface area contributed by atoms with Crippen molar-refractivity contribution in [2.45, 2.75) is 206 Å². The predicted molar refractivity (Wildman–Crippen MR) is 221 cm³/mol. The molecule has 0 aromatic heterocycles. The minimum Gasteiger partial charge on any atom is -0.387 e. The summed E-state index contributed by atoms with van der Waals surface area (Å²) in [6.45, 7) is 4.47. The largest absolute Gasteiger partial charge is 0.387 e. The third-order valence-electron chi connectivity index (χ3n) is 9.14. The fraction of sp³-hybridized carbons (Fsp3) is 0.750. The van der Waals surface area contributed by atoms with Crippen LogP contribution in [-0.4, -0.2) is 41.9 Å². The maximum Gasteiger partial charge on any atom is 0.267 e. The van der Waals surface area contributed by atoms with Gasteiger partial charge in [0.2, 0.25) is 5.91 Å². The second-order valence-electron chi connectivity index (χ2n) is 14.2. The molecule has 2 atom stereocenters. The molecule has 2 unspecified atom stereocenters. The Morgan fingerprint density at radius 2 is 0.902 bits per heavy atom. The number of aliphatic hydroxyl groups excluding tert-OH is 1. The van der Waals surface area contributed by atoms with Crippen LogP contribution in [0.1, 0.15) is 194 Å². The lowest BCUT2D eigenvalue weighted by atomic mass is 10.0. The van der Waals surface area contributed by atoms with Crippen molar-refractivity contribution in [2.24, 2.45) is 0 Å². The molecular weight excluding hydrogens is 655 g/mol. The summed E-state index contributed by atoms with van der Waals surface area (Å²) < 4.78 is 32.4. The Hall–Kier alpha value is -1.96. The second-order valence-corrected chi connectivity index (χ2v) is 15.7. The van der Waals surface area contributed by atoms with Crippen molar-refractivity contribution < 1.29 is 22.9 Å². The molecule has 0 saturated carbocycles. The van der Waals surface area contributed by atoms with Crippen LogP contribution in [-0.2, 0) is 14.9 Å². The molecule has 0 spiro atoms. The maximum absolute atomic E-state index is 12.5. The van der Waals surface area contributed by atoms with E-state index in [1.54, 1.807) is 6.08 Å². The normalized spacial score (nSPS) is 13.9. The molecule has 0 aromatic carbocycles. The fourth-order valence-electron chi connectivity index (χ4n) is 5.98. The zero-order valence-electron chi connectivity index (χ0n) is 33.0. The summed E-state index contributed by atoms with van der Waals surface area (Å²) in [4.78, 5) is 12.5. The molecule has 7 heteroatoms. The fourth-order valence-corrected chi connectivity index (χ4v) is 6.72. The topological polar surface area (TPSA) is 104 Å². The minimum absolute atomic E-state index is 0.280. The van der Waals surface area contributed by atoms with Crippen LogP contribution in [0.5, 0.6) is 0 Å². The van der Waals surface area contributed by atoms with Crippen LogP contribution < -0.4 is 5.32 Å². The lowest BCUT2D eigenvalue weighted by Crippen LogP contribution is -2.46. The van der Waals surface area contributed by atoms with Gasteiger partial charge in [-0.15, -0.1) is 0 Å². The van der Waals surface area contributed by atoms with Gasteiger partial charge in [0.05, 0.1) is 17.9 Å². The highest BCUT2D eigenvalue weighted by Crippen LogP contribution is 2.13. The van der Waals surface area contributed by atoms with E-state index in [-0.39, 0.29) is 12.3 Å². The Kier molecular flexibility index (Phi) is 36.3. The Morgan fingerprint density at radius 3 is 1.39 bits per heavy atom. The summed E-state index contributed by atoms with van der Waals surface area (Å²) in [5, 5.41) is 13.2. The quantitative estimate of drug-likeness (QED) is 0.0335. The number of rotatable bonds is 37. The number of hydrogen-bond acceptors (Lipinski definition) is 4. The number of nitrogens with one attached hydrogen (secondary N) is 1. The molecule has 0 saturated heterocycles. The Bertz CT molecular complexity index is 1030. The zero-order valence-corrected chi connectivity index (χ0v) is 33.8. The van der Waals surface area contributed by atoms with Gasteiger partial charge in [-0.05, 0) is 77.0 Å². The zero-order chi connectivity index (χ0) is 37.5. The van der Waals surface area contributed by atoms with Crippen molar-refractivity contribution >= 4 is 16.0 Å². The van der Waals surface area contributed by atoms with Crippen molar-refractivity contribution in [1.29, 1.82) is 0 Å². The van der Waals surface area contributed by atoms with E-state index in [1.165, 1.54) is 122 Å². The molecule has 0 heterocycles. The highest BCUT2D eigenvalue weighted by Gasteiger charge is 2.24. The highest BCUT2D eigenvalue weighted by molar-refractivity contribution is 7.85. The van der Waals surface area contributed by atoms with Gasteiger partial charge in [0.1, 0.15) is 0 Å². The van der Waals surface area contributed by atoms with Crippen molar-refractivity contribution in [3.63, 3.8) is 0 Å². The number of carbonyl (C=O) groups is 1. The van der Waals surface area contributed by atoms with Crippen LogP contribution in [0.4, 0.5) is 0 Å². The smallest absolute Gasteiger partial charge is 0.267 e. The molecule has 3 N–H and O–H groups in total. The molecule has 0 aliphatic heterocycles. The van der Waals surface area contributed by atoms with E-state index < -0.39 is 28.0 Å². The number of carbonyl (C=O) groups excluding carboxylic acids is 1. The molecule has 0 aliphatic carbocycles. The summed E-state index contributed by atoms with van der Waals surface area (Å²) in [6.07, 6.45) is 52.1. The van der Waals surface area contributed by atoms with Gasteiger partial charge in [0.15, 0.2) is 0 Å². The van der Waals surface area contributed by atoms with Crippen LogP contribution in [0.25, 0.3) is 0 Å². The summed E-state index contributed by atoms with van der Waals surface area (Å²) in [5.74, 6) is -1.01. The molecule has 0 radical (unpaired) electrons. The first-order valence-electron chi connectivity index (χ1n) is 21.0. The molecule has 0 aliphatic rings. The van der Waals surface area contributed by atoms with E-state index in [1.807, 2.05) is 0 Å². The SMILES string of the molecule is CCCCC/C=C/CC/C=C/CC/C=C/C(O)C(CS(=O)(=O)O)NC(=O)CCCCCCCCCCCCC/C=C\C/C=C\CCCCCCC. The monoisotopic (exact) mass is 734 g/mol. The van der Waals surface area contributed by atoms with Crippen LogP contribution in [0.3, 0.4) is 0 Å². The lowest BCUT2D eigenvalue weighted by Gasteiger charge is -2.21. The van der Waals surface area contributed by atoms with Gasteiger partial charge in [0.25, 0.3) is 10.1 Å². The van der Waals surface area contributed by atoms with Crippen molar-refractivity contribution in [3.05, 3.63) is 60.8 Å². The average Bonchev–Trinajstić information content (AvgIpc) is 3.09. The Labute approximate surface area is 315 Å². The third kappa shape index (κ3) is 39.1. The van der Waals surface area contributed by atoms with Crippen molar-refractivity contribution in [3.8, 4) is 0 Å². The molecule has 0 fully saturated rings. The molecule has 0 rings (SSSR count). The van der Waals surface area contributed by atoms with Gasteiger partial charge in [-0.1, -0.05) is 171 Å². The van der Waals surface area contributed by atoms with Crippen LogP contribution >= 0.6 is 0 Å². The summed E-state index contributed by atoms with van der Waals surface area (Å²) in [5.41, 5.74) is 0. The first-order valence-corrected chi connectivity index (χ1v) is 22.6. The molecule has 0 bridgehead atoms. The van der Waals surface area contributed by atoms with Crippen molar-refractivity contribution in [2.75, 3.05) is 5.75 Å². The van der Waals surface area contributed by atoms with Crippen LogP contribution in [0, 0.1) is 0 Å². The minimum atomic E-state index is -4.36. The molecule has 6 nitrogen and oxygen atoms in total. The first-order chi connectivity index (χ1) is 24.8. The Balaban J connectivity index is 3.91. The standard InChI is InChI=1S/C44H79NO5S/c1-3-5-7-9-11-13-15-17-18-19-20-21-22-23-24-25-26-28-30-32-34-36-38-40-44(47)45-42(41-51(48,49)50)43(46)39-37-35-33-31-29-27-16-14-12-10-8-6-4-2/h12,14-15,17,19-20,29,31,37,39,42-43,46H,3-11,13,16,18,21-28,30,32-36,38,40-41H2,1-2H3,(H,45,47)(H,48,49,50)/b14-12+,17-15-,20-19-,31-29+,39-37+. The summed E-state index contributed by atoms with van der Waals surface area (Å²) >= 11 is 0. The van der Waals surface area contributed by atoms with E-state index in [2.05, 4.69) is 67.8 Å². The lowest BCUT2D eigenvalue weighted by molar-refractivity contribution is -0.122. The Morgan fingerprint density at radius 1 is 0.529 bits per heavy atom. The average molecular weight is 734 g/mol. The number of amides is 1. The van der Waals surface area contributed by atoms with Gasteiger partial charge in [0, 0.05) is 6.42 Å². The van der Waals surface area contributed by atoms with Gasteiger partial charge in [-0.2, -0.15) is 8.42 Å². The van der Waals surface area contributed by atoms with E-state index in [4.69, 9.17) is 0 Å². The number of aliphatic hydroxyl groups is 1. The summed E-state index contributed by atoms with van der Waals surface area (Å²) in [7, 11) is -4.36. The first kappa shape index (κ1) is 49.0. The molecule has 0 aromatic rings. The number of unbranched alkanes of at least 4 members (excludes halogenated alkanes) is 21. The maximum atomic E-state index is 12.5. The summed E-state index contributed by atoms with van der Waals surface area (Å²) in [6, 6.07) is -1.08. The van der Waals surface area contributed by atoms with E-state index in [0.29, 0.717) is 6.42 Å². The van der Waals surface area contributed by atoms with Gasteiger partial charge in [-0.25, -0.2) is 0 Å². The van der Waals surface area contributed by atoms with E-state index in [9.17, 15) is 22.9 Å². The highest BCUT2D eigenvalue weighted by atomic mass is 32.2. The van der Waals surface area contributed by atoms with Crippen LogP contribution in [0.15, 0.2) is 60.8 Å². The van der Waals surface area contributed by atoms with E-state index in [0.717, 1.165) is 51.4 Å². The molecule has 1 amide bonds. The van der Waals surface area contributed by atoms with Gasteiger partial charge >= 0.3 is 0 Å². The van der Waals surface area contributed by atoms with Crippen LogP contribution in [0.2, 0.25) is 0 Å². The predicted octanol–water partition coefficient (Wildman–Crippen LogP) is 12.5. The molecular formula is C44H79NO5S. The molecule has 51 heavy (non-hydrogen) atoms. The number of hydrogen-bond donors (Lipinski definition) is 3. The van der Waals surface area contributed by atoms with Gasteiger partial charge < -0.3 is 10.4 Å².